The van der Waals surface area contributed by atoms with Crippen LogP contribution in [0.1, 0.15) is 44.5 Å². The Balaban J connectivity index is 1.95. The molecule has 0 spiro atoms. The molecule has 2 nitrogen and oxygen atoms in total. The lowest BCUT2D eigenvalue weighted by atomic mass is 9.59. The highest BCUT2D eigenvalue weighted by Crippen LogP contribution is 2.51. The van der Waals surface area contributed by atoms with Gasteiger partial charge in [-0.15, -0.1) is 0 Å². The number of aromatic hydroxyl groups is 1. The van der Waals surface area contributed by atoms with Gasteiger partial charge in [-0.25, -0.2) is 0 Å². The van der Waals surface area contributed by atoms with Crippen LogP contribution in [0.3, 0.4) is 0 Å². The van der Waals surface area contributed by atoms with Crippen LogP contribution >= 0.6 is 0 Å². The van der Waals surface area contributed by atoms with Crippen molar-refractivity contribution in [3.05, 3.63) is 129 Å². The first-order valence-electron chi connectivity index (χ1n) is 10.7. The van der Waals surface area contributed by atoms with Gasteiger partial charge in [0.1, 0.15) is 11.5 Å². The van der Waals surface area contributed by atoms with Crippen molar-refractivity contribution in [3.8, 4) is 11.5 Å². The molecule has 0 heterocycles. The number of phenolic OH excluding ortho intramolecular Hbond substituents is 1. The van der Waals surface area contributed by atoms with E-state index in [-0.39, 0.29) is 0 Å². The molecule has 0 amide bonds. The van der Waals surface area contributed by atoms with E-state index in [1.165, 1.54) is 27.8 Å². The lowest BCUT2D eigenvalue weighted by molar-refractivity contribution is 0.411. The number of benzene rings is 4. The SMILES string of the molecule is COc1ccc(C2(c3ccc(O)c(C)c3)c3ccccc3Cc3ccccc32)cc1C. The molecular weight excluding hydrogens is 380 g/mol. The zero-order valence-electron chi connectivity index (χ0n) is 18.1. The number of phenols is 1. The monoisotopic (exact) mass is 406 g/mol. The predicted molar refractivity (Wildman–Crippen MR) is 125 cm³/mol. The van der Waals surface area contributed by atoms with Crippen molar-refractivity contribution in [2.75, 3.05) is 7.11 Å². The topological polar surface area (TPSA) is 29.5 Å². The summed E-state index contributed by atoms with van der Waals surface area (Å²) in [6.45, 7) is 4.06. The molecule has 1 aliphatic carbocycles. The van der Waals surface area contributed by atoms with E-state index in [2.05, 4.69) is 85.8 Å². The molecule has 0 radical (unpaired) electrons. The Hall–Kier alpha value is -3.52. The van der Waals surface area contributed by atoms with Gasteiger partial charge in [0.15, 0.2) is 0 Å². The Morgan fingerprint density at radius 1 is 0.710 bits per heavy atom. The van der Waals surface area contributed by atoms with Gasteiger partial charge in [-0.1, -0.05) is 72.8 Å². The molecule has 4 aromatic carbocycles. The summed E-state index contributed by atoms with van der Waals surface area (Å²) in [5.41, 5.74) is 9.13. The number of aryl methyl sites for hydroxylation is 2. The Bertz CT molecular complexity index is 1240. The summed E-state index contributed by atoms with van der Waals surface area (Å²) in [5.74, 6) is 1.21. The van der Waals surface area contributed by atoms with Gasteiger partial charge in [-0.3, -0.25) is 0 Å². The Morgan fingerprint density at radius 2 is 1.26 bits per heavy atom. The minimum absolute atomic E-state index is 0.321. The molecule has 0 saturated heterocycles. The predicted octanol–water partition coefficient (Wildman–Crippen LogP) is 6.30. The Labute approximate surface area is 183 Å². The number of ether oxygens (including phenoxy) is 1. The molecule has 0 aromatic heterocycles. The minimum Gasteiger partial charge on any atom is -0.508 e. The maximum Gasteiger partial charge on any atom is 0.121 e. The van der Waals surface area contributed by atoms with Crippen LogP contribution in [0.15, 0.2) is 84.9 Å². The fraction of sp³-hybridized carbons (Fsp3) is 0.172. The van der Waals surface area contributed by atoms with Crippen molar-refractivity contribution in [2.45, 2.75) is 25.7 Å². The largest absolute Gasteiger partial charge is 0.508 e. The fourth-order valence-corrected chi connectivity index (χ4v) is 5.22. The van der Waals surface area contributed by atoms with Crippen molar-refractivity contribution < 1.29 is 9.84 Å². The van der Waals surface area contributed by atoms with Crippen molar-refractivity contribution in [1.29, 1.82) is 0 Å². The highest BCUT2D eigenvalue weighted by Gasteiger charge is 2.43. The summed E-state index contributed by atoms with van der Waals surface area (Å²) in [6, 6.07) is 30.0. The molecule has 5 rings (SSSR count). The van der Waals surface area contributed by atoms with Crippen LogP contribution in [0.5, 0.6) is 11.5 Å². The first kappa shape index (κ1) is 19.4. The van der Waals surface area contributed by atoms with Crippen molar-refractivity contribution >= 4 is 0 Å². The second-order valence-corrected chi connectivity index (χ2v) is 8.43. The lowest BCUT2D eigenvalue weighted by Crippen LogP contribution is -2.36. The number of hydrogen-bond donors (Lipinski definition) is 1. The molecule has 0 aliphatic heterocycles. The second kappa shape index (κ2) is 7.31. The van der Waals surface area contributed by atoms with Crippen molar-refractivity contribution in [2.24, 2.45) is 0 Å². The first-order valence-corrected chi connectivity index (χ1v) is 10.7. The quantitative estimate of drug-likeness (QED) is 0.381. The minimum atomic E-state index is -0.471. The number of rotatable bonds is 3. The van der Waals surface area contributed by atoms with E-state index in [0.717, 1.165) is 28.9 Å². The van der Waals surface area contributed by atoms with Crippen LogP contribution in [0, 0.1) is 13.8 Å². The molecule has 2 heteroatoms. The number of fused-ring (bicyclic) bond motifs is 2. The zero-order valence-corrected chi connectivity index (χ0v) is 18.1. The molecule has 0 saturated carbocycles. The van der Waals surface area contributed by atoms with Gasteiger partial charge in [-0.05, 0) is 76.9 Å². The molecule has 0 atom stereocenters. The zero-order chi connectivity index (χ0) is 21.6. The van der Waals surface area contributed by atoms with Gasteiger partial charge in [0.05, 0.1) is 12.5 Å². The van der Waals surface area contributed by atoms with Crippen LogP contribution < -0.4 is 4.74 Å². The van der Waals surface area contributed by atoms with Crippen molar-refractivity contribution in [1.82, 2.24) is 0 Å². The molecule has 154 valence electrons. The van der Waals surface area contributed by atoms with E-state index < -0.39 is 5.41 Å². The van der Waals surface area contributed by atoms with Crippen molar-refractivity contribution in [3.63, 3.8) is 0 Å². The van der Waals surface area contributed by atoms with E-state index in [1.807, 2.05) is 13.0 Å². The van der Waals surface area contributed by atoms with E-state index in [9.17, 15) is 5.11 Å². The maximum absolute atomic E-state index is 10.3. The fourth-order valence-electron chi connectivity index (χ4n) is 5.22. The Morgan fingerprint density at radius 3 is 1.81 bits per heavy atom. The molecule has 1 aliphatic rings. The van der Waals surface area contributed by atoms with Gasteiger partial charge in [-0.2, -0.15) is 0 Å². The first-order chi connectivity index (χ1) is 15.1. The van der Waals surface area contributed by atoms with Gasteiger partial charge >= 0.3 is 0 Å². The van der Waals surface area contributed by atoms with Crippen LogP contribution in [0.25, 0.3) is 0 Å². The number of methoxy groups -OCH3 is 1. The average Bonchev–Trinajstić information content (AvgIpc) is 2.79. The standard InChI is InChI=1S/C29H26O2/c1-19-16-23(12-14-27(19)30)29(24-13-15-28(31-3)20(2)17-24)25-10-6-4-8-21(25)18-22-9-5-7-11-26(22)29/h4-17,30H,18H2,1-3H3. The van der Waals surface area contributed by atoms with E-state index in [1.54, 1.807) is 7.11 Å². The van der Waals surface area contributed by atoms with Crippen LogP contribution in [-0.2, 0) is 11.8 Å². The third-order valence-corrected chi connectivity index (χ3v) is 6.68. The molecule has 1 N–H and O–H groups in total. The van der Waals surface area contributed by atoms with E-state index >= 15 is 0 Å². The summed E-state index contributed by atoms with van der Waals surface area (Å²) in [5, 5.41) is 10.3. The molecule has 0 unspecified atom stereocenters. The second-order valence-electron chi connectivity index (χ2n) is 8.43. The van der Waals surface area contributed by atoms with Gasteiger partial charge in [0.25, 0.3) is 0 Å². The maximum atomic E-state index is 10.3. The average molecular weight is 407 g/mol. The highest BCUT2D eigenvalue weighted by atomic mass is 16.5. The molecular formula is C29H26O2. The van der Waals surface area contributed by atoms with Crippen LogP contribution in [0.2, 0.25) is 0 Å². The molecule has 0 bridgehead atoms. The smallest absolute Gasteiger partial charge is 0.121 e. The van der Waals surface area contributed by atoms with Gasteiger partial charge in [0, 0.05) is 0 Å². The molecule has 0 fully saturated rings. The van der Waals surface area contributed by atoms with E-state index in [4.69, 9.17) is 4.74 Å². The summed E-state index contributed by atoms with van der Waals surface area (Å²) in [6.07, 6.45) is 0.917. The third-order valence-electron chi connectivity index (χ3n) is 6.68. The summed E-state index contributed by atoms with van der Waals surface area (Å²) >= 11 is 0. The normalized spacial score (nSPS) is 13.9. The van der Waals surface area contributed by atoms with Crippen LogP contribution in [0.4, 0.5) is 0 Å². The van der Waals surface area contributed by atoms with Gasteiger partial charge < -0.3 is 9.84 Å². The van der Waals surface area contributed by atoms with Gasteiger partial charge in [0.2, 0.25) is 0 Å². The summed E-state index contributed by atoms with van der Waals surface area (Å²) in [4.78, 5) is 0. The third kappa shape index (κ3) is 2.86. The molecule has 31 heavy (non-hydrogen) atoms. The highest BCUT2D eigenvalue weighted by molar-refractivity contribution is 5.68. The molecule has 4 aromatic rings. The van der Waals surface area contributed by atoms with Crippen LogP contribution in [-0.4, -0.2) is 12.2 Å². The Kier molecular flexibility index (Phi) is 4.59. The van der Waals surface area contributed by atoms with E-state index in [0.29, 0.717) is 5.75 Å². The summed E-state index contributed by atoms with van der Waals surface area (Å²) < 4.78 is 5.57. The lowest BCUT2D eigenvalue weighted by Gasteiger charge is -2.42. The number of hydrogen-bond acceptors (Lipinski definition) is 2. The summed E-state index contributed by atoms with van der Waals surface area (Å²) in [7, 11) is 1.71.